The lowest BCUT2D eigenvalue weighted by molar-refractivity contribution is 0.0190. The lowest BCUT2D eigenvalue weighted by atomic mass is 9.93. The highest BCUT2D eigenvalue weighted by atomic mass is 16.6. The lowest BCUT2D eigenvalue weighted by Gasteiger charge is -2.33. The Hall–Kier alpha value is -1.56. The van der Waals surface area contributed by atoms with Crippen molar-refractivity contribution in [2.75, 3.05) is 13.1 Å². The van der Waals surface area contributed by atoms with E-state index < -0.39 is 5.60 Å². The number of aromatic nitrogens is 1. The molecule has 20 heavy (non-hydrogen) atoms. The van der Waals surface area contributed by atoms with E-state index in [2.05, 4.69) is 5.16 Å². The molecule has 1 aromatic rings. The summed E-state index contributed by atoms with van der Waals surface area (Å²) in [5.74, 6) is 0.957. The Bertz CT molecular complexity index is 464. The molecule has 0 aliphatic carbocycles. The van der Waals surface area contributed by atoms with Crippen LogP contribution in [0.4, 0.5) is 4.79 Å². The number of piperidine rings is 1. The first-order chi connectivity index (χ1) is 9.40. The molecule has 1 aromatic heterocycles. The molecule has 1 unspecified atom stereocenters. The van der Waals surface area contributed by atoms with Crippen LogP contribution in [-0.2, 0) is 11.3 Å². The second kappa shape index (κ2) is 5.83. The number of amides is 1. The predicted molar refractivity (Wildman–Crippen MR) is 74.2 cm³/mol. The van der Waals surface area contributed by atoms with Gasteiger partial charge >= 0.3 is 6.09 Å². The molecule has 2 rings (SSSR count). The molecule has 1 aliphatic heterocycles. The SMILES string of the molecule is CC(C)(C)OC(=O)N1CCCC(c2oncc2CN)C1. The van der Waals surface area contributed by atoms with Crippen molar-refractivity contribution in [3.8, 4) is 0 Å². The summed E-state index contributed by atoms with van der Waals surface area (Å²) in [6, 6.07) is 0. The molecule has 0 saturated carbocycles. The molecule has 1 fully saturated rings. The number of hydrogen-bond donors (Lipinski definition) is 1. The maximum atomic E-state index is 12.1. The van der Waals surface area contributed by atoms with Gasteiger partial charge in [-0.1, -0.05) is 5.16 Å². The highest BCUT2D eigenvalue weighted by molar-refractivity contribution is 5.68. The number of nitrogens with two attached hydrogens (primary N) is 1. The van der Waals surface area contributed by atoms with E-state index in [1.165, 1.54) is 0 Å². The van der Waals surface area contributed by atoms with E-state index in [-0.39, 0.29) is 12.0 Å². The summed E-state index contributed by atoms with van der Waals surface area (Å²) in [5, 5.41) is 3.81. The normalized spacial score (nSPS) is 20.0. The highest BCUT2D eigenvalue weighted by Gasteiger charge is 2.31. The fraction of sp³-hybridized carbons (Fsp3) is 0.714. The third-order valence-electron chi connectivity index (χ3n) is 3.34. The number of carbonyl (C=O) groups excluding carboxylic acids is 1. The lowest BCUT2D eigenvalue weighted by Crippen LogP contribution is -2.42. The van der Waals surface area contributed by atoms with Gasteiger partial charge in [0.25, 0.3) is 0 Å². The fourth-order valence-electron chi connectivity index (χ4n) is 2.44. The molecule has 112 valence electrons. The molecule has 6 nitrogen and oxygen atoms in total. The largest absolute Gasteiger partial charge is 0.444 e. The second-order valence-electron chi connectivity index (χ2n) is 6.18. The van der Waals surface area contributed by atoms with Crippen LogP contribution in [0, 0.1) is 0 Å². The van der Waals surface area contributed by atoms with Gasteiger partial charge in [0, 0.05) is 31.1 Å². The number of likely N-dealkylation sites (tertiary alicyclic amines) is 1. The minimum atomic E-state index is -0.474. The van der Waals surface area contributed by atoms with Crippen molar-refractivity contribution in [1.29, 1.82) is 0 Å². The molecular weight excluding hydrogens is 258 g/mol. The Kier molecular flexibility index (Phi) is 4.32. The van der Waals surface area contributed by atoms with Crippen molar-refractivity contribution >= 4 is 6.09 Å². The zero-order chi connectivity index (χ0) is 14.8. The Morgan fingerprint density at radius 3 is 3.00 bits per heavy atom. The smallest absolute Gasteiger partial charge is 0.410 e. The van der Waals surface area contributed by atoms with Crippen LogP contribution in [0.1, 0.15) is 50.9 Å². The molecule has 0 spiro atoms. The van der Waals surface area contributed by atoms with Crippen LogP contribution in [0.5, 0.6) is 0 Å². The van der Waals surface area contributed by atoms with Gasteiger partial charge in [-0.15, -0.1) is 0 Å². The summed E-state index contributed by atoms with van der Waals surface area (Å²) in [5.41, 5.74) is 6.12. The van der Waals surface area contributed by atoms with E-state index in [1.807, 2.05) is 20.8 Å². The Morgan fingerprint density at radius 1 is 1.60 bits per heavy atom. The minimum Gasteiger partial charge on any atom is -0.444 e. The number of ether oxygens (including phenoxy) is 1. The predicted octanol–water partition coefficient (Wildman–Crippen LogP) is 2.25. The number of hydrogen-bond acceptors (Lipinski definition) is 5. The van der Waals surface area contributed by atoms with E-state index in [0.717, 1.165) is 30.7 Å². The van der Waals surface area contributed by atoms with Crippen molar-refractivity contribution in [3.05, 3.63) is 17.5 Å². The number of carbonyl (C=O) groups is 1. The molecule has 1 atom stereocenters. The third-order valence-corrected chi connectivity index (χ3v) is 3.34. The van der Waals surface area contributed by atoms with Crippen LogP contribution in [0.2, 0.25) is 0 Å². The van der Waals surface area contributed by atoms with E-state index in [1.54, 1.807) is 11.1 Å². The zero-order valence-corrected chi connectivity index (χ0v) is 12.4. The van der Waals surface area contributed by atoms with Crippen molar-refractivity contribution in [2.45, 2.75) is 51.7 Å². The summed E-state index contributed by atoms with van der Waals surface area (Å²) in [7, 11) is 0. The minimum absolute atomic E-state index is 0.150. The Labute approximate surface area is 119 Å². The third kappa shape index (κ3) is 3.50. The number of nitrogens with zero attached hydrogens (tertiary/aromatic N) is 2. The molecule has 2 N–H and O–H groups in total. The average molecular weight is 281 g/mol. The maximum Gasteiger partial charge on any atom is 0.410 e. The van der Waals surface area contributed by atoms with Gasteiger partial charge in [0.15, 0.2) is 0 Å². The topological polar surface area (TPSA) is 81.6 Å². The summed E-state index contributed by atoms with van der Waals surface area (Å²) in [4.78, 5) is 13.9. The molecule has 0 aromatic carbocycles. The van der Waals surface area contributed by atoms with E-state index in [4.69, 9.17) is 15.0 Å². The molecule has 1 saturated heterocycles. The first kappa shape index (κ1) is 14.8. The Balaban J connectivity index is 2.03. The van der Waals surface area contributed by atoms with E-state index in [9.17, 15) is 4.79 Å². The van der Waals surface area contributed by atoms with Gasteiger partial charge in [0.2, 0.25) is 0 Å². The molecular formula is C14H23N3O3. The second-order valence-corrected chi connectivity index (χ2v) is 6.18. The summed E-state index contributed by atoms with van der Waals surface area (Å²) in [6.07, 6.45) is 3.29. The molecule has 2 heterocycles. The molecule has 0 radical (unpaired) electrons. The van der Waals surface area contributed by atoms with Crippen molar-refractivity contribution in [1.82, 2.24) is 10.1 Å². The van der Waals surface area contributed by atoms with Gasteiger partial charge in [-0.3, -0.25) is 0 Å². The fourth-order valence-corrected chi connectivity index (χ4v) is 2.44. The molecule has 1 aliphatic rings. The van der Waals surface area contributed by atoms with Gasteiger partial charge in [0.05, 0.1) is 6.20 Å². The first-order valence-corrected chi connectivity index (χ1v) is 7.02. The summed E-state index contributed by atoms with van der Waals surface area (Å²) >= 11 is 0. The maximum absolute atomic E-state index is 12.1. The van der Waals surface area contributed by atoms with Crippen LogP contribution < -0.4 is 5.73 Å². The van der Waals surface area contributed by atoms with Crippen molar-refractivity contribution in [2.24, 2.45) is 5.73 Å². The molecule has 1 amide bonds. The quantitative estimate of drug-likeness (QED) is 0.899. The van der Waals surface area contributed by atoms with Crippen molar-refractivity contribution in [3.63, 3.8) is 0 Å². The van der Waals surface area contributed by atoms with Gasteiger partial charge in [-0.2, -0.15) is 0 Å². The van der Waals surface area contributed by atoms with Crippen LogP contribution in [-0.4, -0.2) is 34.8 Å². The molecule has 6 heteroatoms. The van der Waals surface area contributed by atoms with Gasteiger partial charge in [0.1, 0.15) is 11.4 Å². The monoisotopic (exact) mass is 281 g/mol. The summed E-state index contributed by atoms with van der Waals surface area (Å²) in [6.45, 7) is 7.33. The van der Waals surface area contributed by atoms with Crippen LogP contribution >= 0.6 is 0 Å². The molecule has 0 bridgehead atoms. The van der Waals surface area contributed by atoms with Gasteiger partial charge < -0.3 is 19.9 Å². The van der Waals surface area contributed by atoms with Gasteiger partial charge in [-0.25, -0.2) is 4.79 Å². The standard InChI is InChI=1S/C14H23N3O3/c1-14(2,3)19-13(18)17-6-4-5-10(9-17)12-11(7-15)8-16-20-12/h8,10H,4-7,9,15H2,1-3H3. The van der Waals surface area contributed by atoms with E-state index >= 15 is 0 Å². The number of rotatable bonds is 2. The zero-order valence-electron chi connectivity index (χ0n) is 12.4. The summed E-state index contributed by atoms with van der Waals surface area (Å²) < 4.78 is 10.7. The van der Waals surface area contributed by atoms with E-state index in [0.29, 0.717) is 13.1 Å². The Morgan fingerprint density at radius 2 is 2.35 bits per heavy atom. The van der Waals surface area contributed by atoms with Crippen LogP contribution in [0.3, 0.4) is 0 Å². The van der Waals surface area contributed by atoms with Crippen LogP contribution in [0.15, 0.2) is 10.7 Å². The first-order valence-electron chi connectivity index (χ1n) is 7.02. The van der Waals surface area contributed by atoms with Gasteiger partial charge in [-0.05, 0) is 33.6 Å². The average Bonchev–Trinajstić information content (AvgIpc) is 2.85. The van der Waals surface area contributed by atoms with Crippen LogP contribution in [0.25, 0.3) is 0 Å². The highest BCUT2D eigenvalue weighted by Crippen LogP contribution is 2.29. The van der Waals surface area contributed by atoms with Crippen molar-refractivity contribution < 1.29 is 14.1 Å².